The van der Waals surface area contributed by atoms with E-state index in [1.807, 2.05) is 12.1 Å². The first-order valence-corrected chi connectivity index (χ1v) is 8.55. The lowest BCUT2D eigenvalue weighted by molar-refractivity contribution is 0.292. The molecule has 2 nitrogen and oxygen atoms in total. The molecule has 1 N–H and O–H groups in total. The number of hydrogen-bond donors (Lipinski definition) is 1. The Morgan fingerprint density at radius 3 is 2.86 bits per heavy atom. The Hall–Kier alpha value is -1.03. The third kappa shape index (κ3) is 3.79. The molecule has 1 aliphatic carbocycles. The minimum Gasteiger partial charge on any atom is -0.497 e. The van der Waals surface area contributed by atoms with Crippen molar-refractivity contribution in [2.75, 3.05) is 13.7 Å². The SMILES string of the molecule is COc1cccc(C2CC(NCCc3ccc(Cl)s3)C2)c1. The largest absolute Gasteiger partial charge is 0.497 e. The minimum atomic E-state index is 0.650. The lowest BCUT2D eigenvalue weighted by atomic mass is 9.76. The molecular weight excluding hydrogens is 302 g/mol. The van der Waals surface area contributed by atoms with Crippen molar-refractivity contribution in [3.8, 4) is 5.75 Å². The summed E-state index contributed by atoms with van der Waals surface area (Å²) in [6.07, 6.45) is 3.51. The van der Waals surface area contributed by atoms with E-state index < -0.39 is 0 Å². The zero-order valence-electron chi connectivity index (χ0n) is 12.1. The molecule has 1 fully saturated rings. The van der Waals surface area contributed by atoms with E-state index in [9.17, 15) is 0 Å². The number of ether oxygens (including phenoxy) is 1. The van der Waals surface area contributed by atoms with Gasteiger partial charge in [-0.2, -0.15) is 0 Å². The predicted molar refractivity (Wildman–Crippen MR) is 89.8 cm³/mol. The van der Waals surface area contributed by atoms with E-state index in [-0.39, 0.29) is 0 Å². The predicted octanol–water partition coefficient (Wildman–Crippen LogP) is 4.49. The standard InChI is InChI=1S/C17H20ClNOS/c1-20-15-4-2-3-12(11-15)13-9-14(10-13)19-8-7-16-5-6-17(18)21-16/h2-6,11,13-14,19H,7-10H2,1H3. The average Bonchev–Trinajstić information content (AvgIpc) is 2.87. The van der Waals surface area contributed by atoms with Gasteiger partial charge in [0, 0.05) is 17.5 Å². The second-order valence-corrected chi connectivity index (χ2v) is 7.35. The van der Waals surface area contributed by atoms with Crippen LogP contribution in [0.15, 0.2) is 36.4 Å². The maximum atomic E-state index is 5.94. The average molecular weight is 322 g/mol. The summed E-state index contributed by atoms with van der Waals surface area (Å²) in [6.45, 7) is 1.03. The van der Waals surface area contributed by atoms with Gasteiger partial charge in [0.1, 0.15) is 5.75 Å². The van der Waals surface area contributed by atoms with E-state index in [2.05, 4.69) is 29.6 Å². The van der Waals surface area contributed by atoms with Crippen molar-refractivity contribution >= 4 is 22.9 Å². The molecule has 1 saturated carbocycles. The number of rotatable bonds is 6. The second kappa shape index (κ2) is 6.82. The molecule has 0 radical (unpaired) electrons. The summed E-state index contributed by atoms with van der Waals surface area (Å²) in [7, 11) is 1.72. The van der Waals surface area contributed by atoms with Crippen LogP contribution in [0.1, 0.15) is 29.2 Å². The molecule has 0 aliphatic heterocycles. The highest BCUT2D eigenvalue weighted by atomic mass is 35.5. The first kappa shape index (κ1) is 14.9. The van der Waals surface area contributed by atoms with Crippen LogP contribution in [0.25, 0.3) is 0 Å². The smallest absolute Gasteiger partial charge is 0.119 e. The highest BCUT2D eigenvalue weighted by molar-refractivity contribution is 7.16. The summed E-state index contributed by atoms with van der Waals surface area (Å²) in [5.74, 6) is 1.63. The van der Waals surface area contributed by atoms with Crippen molar-refractivity contribution in [2.24, 2.45) is 0 Å². The zero-order chi connectivity index (χ0) is 14.7. The molecule has 0 unspecified atom stereocenters. The van der Waals surface area contributed by atoms with Crippen LogP contribution in [0.5, 0.6) is 5.75 Å². The molecule has 1 heterocycles. The van der Waals surface area contributed by atoms with Crippen molar-refractivity contribution in [1.29, 1.82) is 0 Å². The summed E-state index contributed by atoms with van der Waals surface area (Å²) >= 11 is 7.62. The van der Waals surface area contributed by atoms with Gasteiger partial charge in [0.15, 0.2) is 0 Å². The van der Waals surface area contributed by atoms with Crippen molar-refractivity contribution in [3.05, 3.63) is 51.2 Å². The van der Waals surface area contributed by atoms with Crippen LogP contribution < -0.4 is 10.1 Å². The van der Waals surface area contributed by atoms with E-state index >= 15 is 0 Å². The van der Waals surface area contributed by atoms with Crippen molar-refractivity contribution in [3.63, 3.8) is 0 Å². The molecule has 21 heavy (non-hydrogen) atoms. The quantitative estimate of drug-likeness (QED) is 0.846. The van der Waals surface area contributed by atoms with Gasteiger partial charge < -0.3 is 10.1 Å². The molecule has 0 saturated heterocycles. The lowest BCUT2D eigenvalue weighted by Gasteiger charge is -2.36. The minimum absolute atomic E-state index is 0.650. The van der Waals surface area contributed by atoms with Gasteiger partial charge >= 0.3 is 0 Å². The number of halogens is 1. The Morgan fingerprint density at radius 1 is 1.29 bits per heavy atom. The van der Waals surface area contributed by atoms with Crippen LogP contribution in [0, 0.1) is 0 Å². The highest BCUT2D eigenvalue weighted by Gasteiger charge is 2.29. The maximum Gasteiger partial charge on any atom is 0.119 e. The summed E-state index contributed by atoms with van der Waals surface area (Å²) in [6, 6.07) is 13.2. The van der Waals surface area contributed by atoms with E-state index in [0.29, 0.717) is 12.0 Å². The normalized spacial score (nSPS) is 21.0. The maximum absolute atomic E-state index is 5.94. The van der Waals surface area contributed by atoms with E-state index in [1.165, 1.54) is 23.3 Å². The molecule has 0 spiro atoms. The number of thiophene rings is 1. The monoisotopic (exact) mass is 321 g/mol. The lowest BCUT2D eigenvalue weighted by Crippen LogP contribution is -2.40. The third-order valence-corrected chi connectivity index (χ3v) is 5.43. The number of methoxy groups -OCH3 is 1. The molecule has 112 valence electrons. The van der Waals surface area contributed by atoms with E-state index in [0.717, 1.165) is 23.1 Å². The first-order chi connectivity index (χ1) is 10.2. The molecule has 0 atom stereocenters. The topological polar surface area (TPSA) is 21.3 Å². The van der Waals surface area contributed by atoms with Gasteiger partial charge in [-0.1, -0.05) is 23.7 Å². The molecule has 1 aromatic carbocycles. The summed E-state index contributed by atoms with van der Waals surface area (Å²) in [4.78, 5) is 1.36. The fourth-order valence-corrected chi connectivity index (χ4v) is 3.92. The molecule has 3 rings (SSSR count). The Bertz CT molecular complexity index is 592. The van der Waals surface area contributed by atoms with Gasteiger partial charge in [0.2, 0.25) is 0 Å². The first-order valence-electron chi connectivity index (χ1n) is 7.36. The summed E-state index contributed by atoms with van der Waals surface area (Å²) < 4.78 is 6.17. The van der Waals surface area contributed by atoms with Crippen LogP contribution in [0.2, 0.25) is 4.34 Å². The Labute approximate surface area is 135 Å². The molecule has 1 aliphatic rings. The number of nitrogens with one attached hydrogen (secondary N) is 1. The van der Waals surface area contributed by atoms with Crippen LogP contribution in [-0.2, 0) is 6.42 Å². The summed E-state index contributed by atoms with van der Waals surface area (Å²) in [5, 5.41) is 3.64. The zero-order valence-corrected chi connectivity index (χ0v) is 13.7. The fourth-order valence-electron chi connectivity index (χ4n) is 2.84. The Kier molecular flexibility index (Phi) is 4.84. The highest BCUT2D eigenvalue weighted by Crippen LogP contribution is 2.37. The van der Waals surface area contributed by atoms with Gasteiger partial charge in [-0.3, -0.25) is 0 Å². The number of hydrogen-bond acceptors (Lipinski definition) is 3. The number of benzene rings is 1. The third-order valence-electron chi connectivity index (χ3n) is 4.14. The van der Waals surface area contributed by atoms with Crippen LogP contribution in [0.3, 0.4) is 0 Å². The molecule has 0 amide bonds. The van der Waals surface area contributed by atoms with Crippen LogP contribution in [0.4, 0.5) is 0 Å². The Morgan fingerprint density at radius 2 is 2.14 bits per heavy atom. The molecule has 1 aromatic heterocycles. The Balaban J connectivity index is 1.41. The fraction of sp³-hybridized carbons (Fsp3) is 0.412. The van der Waals surface area contributed by atoms with Crippen molar-refractivity contribution in [1.82, 2.24) is 5.32 Å². The molecule has 4 heteroatoms. The van der Waals surface area contributed by atoms with Gasteiger partial charge in [-0.25, -0.2) is 0 Å². The van der Waals surface area contributed by atoms with Gasteiger partial charge in [0.25, 0.3) is 0 Å². The second-order valence-electron chi connectivity index (χ2n) is 5.55. The van der Waals surface area contributed by atoms with E-state index in [4.69, 9.17) is 16.3 Å². The van der Waals surface area contributed by atoms with Gasteiger partial charge in [-0.15, -0.1) is 11.3 Å². The summed E-state index contributed by atoms with van der Waals surface area (Å²) in [5.41, 5.74) is 1.40. The van der Waals surface area contributed by atoms with Crippen LogP contribution >= 0.6 is 22.9 Å². The van der Waals surface area contributed by atoms with E-state index in [1.54, 1.807) is 18.4 Å². The molecule has 2 aromatic rings. The van der Waals surface area contributed by atoms with Crippen molar-refractivity contribution in [2.45, 2.75) is 31.2 Å². The molecule has 0 bridgehead atoms. The van der Waals surface area contributed by atoms with Crippen molar-refractivity contribution < 1.29 is 4.74 Å². The van der Waals surface area contributed by atoms with Gasteiger partial charge in [0.05, 0.1) is 11.4 Å². The molecular formula is C17H20ClNOS. The van der Waals surface area contributed by atoms with Gasteiger partial charge in [-0.05, 0) is 55.0 Å². The van der Waals surface area contributed by atoms with Crippen LogP contribution in [-0.4, -0.2) is 19.7 Å².